The second-order valence-electron chi connectivity index (χ2n) is 7.01. The number of aromatic nitrogens is 1. The fourth-order valence-electron chi connectivity index (χ4n) is 2.80. The number of anilines is 1. The van der Waals surface area contributed by atoms with Crippen LogP contribution in [0, 0.1) is 6.92 Å². The van der Waals surface area contributed by atoms with E-state index in [1.807, 2.05) is 25.1 Å². The lowest BCUT2D eigenvalue weighted by Crippen LogP contribution is -2.31. The predicted octanol–water partition coefficient (Wildman–Crippen LogP) is 3.84. The number of Topliss-reactive ketones (excluding diaryl/α,β-unsaturated/α-hetero) is 1. The van der Waals surface area contributed by atoms with Gasteiger partial charge in [0.1, 0.15) is 5.69 Å². The molecule has 0 aliphatic carbocycles. The van der Waals surface area contributed by atoms with Crippen LogP contribution < -0.4 is 5.32 Å². The van der Waals surface area contributed by atoms with Gasteiger partial charge in [0.15, 0.2) is 11.9 Å². The molecule has 1 heterocycles. The first-order valence-corrected chi connectivity index (χ1v) is 8.90. The zero-order valence-electron chi connectivity index (χ0n) is 16.6. The lowest BCUT2D eigenvalue weighted by atomic mass is 9.98. The molecule has 0 unspecified atom stereocenters. The number of rotatable bonds is 6. The molecule has 2 aromatic rings. The van der Waals surface area contributed by atoms with Crippen molar-refractivity contribution in [3.05, 3.63) is 52.8 Å². The summed E-state index contributed by atoms with van der Waals surface area (Å²) in [5.74, 6) is -0.954. The molecule has 144 valence electrons. The molecule has 1 amide bonds. The van der Waals surface area contributed by atoms with Gasteiger partial charge in [0.2, 0.25) is 0 Å². The highest BCUT2D eigenvalue weighted by atomic mass is 16.5. The van der Waals surface area contributed by atoms with Crippen LogP contribution >= 0.6 is 0 Å². The van der Waals surface area contributed by atoms with Gasteiger partial charge in [0.25, 0.3) is 5.91 Å². The highest BCUT2D eigenvalue weighted by molar-refractivity contribution is 6.00. The SMILES string of the molecule is CC(=O)c1cc(C(=O)O[C@H](C)C(=O)Nc2c(C)cccc2C(C)C)n(C)c1. The molecule has 6 nitrogen and oxygen atoms in total. The van der Waals surface area contributed by atoms with Crippen molar-refractivity contribution >= 4 is 23.3 Å². The summed E-state index contributed by atoms with van der Waals surface area (Å²) in [6, 6.07) is 7.31. The van der Waals surface area contributed by atoms with Crippen LogP contribution in [0.3, 0.4) is 0 Å². The van der Waals surface area contributed by atoms with E-state index in [-0.39, 0.29) is 17.4 Å². The minimum Gasteiger partial charge on any atom is -0.448 e. The van der Waals surface area contributed by atoms with Gasteiger partial charge in [-0.25, -0.2) is 4.79 Å². The third-order valence-corrected chi connectivity index (χ3v) is 4.45. The Morgan fingerprint density at radius 2 is 1.81 bits per heavy atom. The van der Waals surface area contributed by atoms with Gasteiger partial charge in [-0.3, -0.25) is 9.59 Å². The standard InChI is InChI=1S/C21H26N2O4/c1-12(2)17-9-7-8-13(3)19(17)22-20(25)15(5)27-21(26)18-10-16(14(4)24)11-23(18)6/h7-12,15H,1-6H3,(H,22,25)/t15-/m1/s1. The summed E-state index contributed by atoms with van der Waals surface area (Å²) >= 11 is 0. The predicted molar refractivity (Wildman–Crippen MR) is 104 cm³/mol. The van der Waals surface area contributed by atoms with Gasteiger partial charge in [-0.15, -0.1) is 0 Å². The summed E-state index contributed by atoms with van der Waals surface area (Å²) in [7, 11) is 1.65. The topological polar surface area (TPSA) is 77.4 Å². The number of para-hydroxylation sites is 1. The number of hydrogen-bond acceptors (Lipinski definition) is 4. The number of amides is 1. The zero-order chi connectivity index (χ0) is 20.3. The number of carbonyl (C=O) groups excluding carboxylic acids is 3. The summed E-state index contributed by atoms with van der Waals surface area (Å²) < 4.78 is 6.82. The van der Waals surface area contributed by atoms with Gasteiger partial charge in [0, 0.05) is 24.5 Å². The molecule has 0 spiro atoms. The first-order chi connectivity index (χ1) is 12.6. The van der Waals surface area contributed by atoms with Crippen LogP contribution in [0.4, 0.5) is 5.69 Å². The van der Waals surface area contributed by atoms with E-state index in [0.29, 0.717) is 5.56 Å². The van der Waals surface area contributed by atoms with Crippen molar-refractivity contribution in [1.29, 1.82) is 0 Å². The summed E-state index contributed by atoms with van der Waals surface area (Å²) in [5.41, 5.74) is 3.36. The first-order valence-electron chi connectivity index (χ1n) is 8.90. The van der Waals surface area contributed by atoms with E-state index >= 15 is 0 Å². The molecule has 1 aromatic carbocycles. The van der Waals surface area contributed by atoms with Crippen LogP contribution in [0.5, 0.6) is 0 Å². The number of ether oxygens (including phenoxy) is 1. The average molecular weight is 370 g/mol. The molecule has 1 N–H and O–H groups in total. The fraction of sp³-hybridized carbons (Fsp3) is 0.381. The quantitative estimate of drug-likeness (QED) is 0.619. The van der Waals surface area contributed by atoms with Crippen molar-refractivity contribution < 1.29 is 19.1 Å². The van der Waals surface area contributed by atoms with Gasteiger partial charge in [-0.2, -0.15) is 0 Å². The largest absolute Gasteiger partial charge is 0.448 e. The molecule has 0 radical (unpaired) electrons. The van der Waals surface area contributed by atoms with Crippen LogP contribution in [0.15, 0.2) is 30.5 Å². The Kier molecular flexibility index (Phi) is 6.20. The van der Waals surface area contributed by atoms with Crippen LogP contribution in [-0.2, 0) is 16.6 Å². The first kappa shape index (κ1) is 20.4. The van der Waals surface area contributed by atoms with Crippen molar-refractivity contribution in [3.8, 4) is 0 Å². The molecular formula is C21H26N2O4. The third-order valence-electron chi connectivity index (χ3n) is 4.45. The Morgan fingerprint density at radius 3 is 2.37 bits per heavy atom. The molecule has 1 aromatic heterocycles. The van der Waals surface area contributed by atoms with Gasteiger partial charge in [-0.1, -0.05) is 32.0 Å². The summed E-state index contributed by atoms with van der Waals surface area (Å²) in [4.78, 5) is 36.4. The number of aryl methyl sites for hydroxylation is 2. The highest BCUT2D eigenvalue weighted by Gasteiger charge is 2.23. The Morgan fingerprint density at radius 1 is 1.15 bits per heavy atom. The van der Waals surface area contributed by atoms with E-state index in [2.05, 4.69) is 19.2 Å². The lowest BCUT2D eigenvalue weighted by Gasteiger charge is -2.19. The number of nitrogens with one attached hydrogen (secondary N) is 1. The Balaban J connectivity index is 2.13. The minimum atomic E-state index is -0.979. The van der Waals surface area contributed by atoms with Gasteiger partial charge in [-0.05, 0) is 43.9 Å². The zero-order valence-corrected chi connectivity index (χ0v) is 16.6. The van der Waals surface area contributed by atoms with Crippen molar-refractivity contribution in [1.82, 2.24) is 4.57 Å². The lowest BCUT2D eigenvalue weighted by molar-refractivity contribution is -0.123. The molecule has 1 atom stereocenters. The molecular weight excluding hydrogens is 344 g/mol. The maximum atomic E-state index is 12.6. The molecule has 0 saturated carbocycles. The number of ketones is 1. The van der Waals surface area contributed by atoms with Gasteiger partial charge in [0.05, 0.1) is 0 Å². The number of esters is 1. The van der Waals surface area contributed by atoms with E-state index in [1.54, 1.807) is 13.2 Å². The van der Waals surface area contributed by atoms with Crippen molar-refractivity contribution in [2.45, 2.75) is 46.6 Å². The molecule has 0 saturated heterocycles. The molecule has 0 aliphatic rings. The number of benzene rings is 1. The monoisotopic (exact) mass is 370 g/mol. The van der Waals surface area contributed by atoms with Crippen molar-refractivity contribution in [3.63, 3.8) is 0 Å². The van der Waals surface area contributed by atoms with E-state index in [1.165, 1.54) is 24.5 Å². The Bertz CT molecular complexity index is 880. The molecule has 2 rings (SSSR count). The highest BCUT2D eigenvalue weighted by Crippen LogP contribution is 2.27. The maximum absolute atomic E-state index is 12.6. The van der Waals surface area contributed by atoms with E-state index in [0.717, 1.165) is 16.8 Å². The van der Waals surface area contributed by atoms with Crippen molar-refractivity contribution in [2.75, 3.05) is 5.32 Å². The summed E-state index contributed by atoms with van der Waals surface area (Å²) in [5, 5.41) is 2.88. The van der Waals surface area contributed by atoms with E-state index in [4.69, 9.17) is 4.74 Å². The minimum absolute atomic E-state index is 0.142. The molecule has 0 aliphatic heterocycles. The molecule has 0 bridgehead atoms. The summed E-state index contributed by atoms with van der Waals surface area (Å²) in [6.45, 7) is 8.97. The second kappa shape index (κ2) is 8.20. The Hall–Kier alpha value is -2.89. The van der Waals surface area contributed by atoms with E-state index in [9.17, 15) is 14.4 Å². The number of hydrogen-bond donors (Lipinski definition) is 1. The third kappa shape index (κ3) is 4.64. The van der Waals surface area contributed by atoms with Crippen LogP contribution in [-0.4, -0.2) is 28.3 Å². The maximum Gasteiger partial charge on any atom is 0.355 e. The normalized spacial score (nSPS) is 12.0. The Labute approximate surface area is 159 Å². The number of carbonyl (C=O) groups is 3. The molecule has 0 fully saturated rings. The van der Waals surface area contributed by atoms with Crippen LogP contribution in [0.1, 0.15) is 65.6 Å². The summed E-state index contributed by atoms with van der Waals surface area (Å²) in [6.07, 6.45) is 0.583. The average Bonchev–Trinajstić information content (AvgIpc) is 2.98. The molecule has 27 heavy (non-hydrogen) atoms. The second-order valence-corrected chi connectivity index (χ2v) is 7.01. The van der Waals surface area contributed by atoms with Crippen LogP contribution in [0.25, 0.3) is 0 Å². The van der Waals surface area contributed by atoms with Crippen molar-refractivity contribution in [2.24, 2.45) is 7.05 Å². The van der Waals surface area contributed by atoms with Gasteiger partial charge >= 0.3 is 5.97 Å². The van der Waals surface area contributed by atoms with Gasteiger partial charge < -0.3 is 14.6 Å². The van der Waals surface area contributed by atoms with Crippen LogP contribution in [0.2, 0.25) is 0 Å². The smallest absolute Gasteiger partial charge is 0.355 e. The molecule has 6 heteroatoms. The number of nitrogens with zero attached hydrogens (tertiary/aromatic N) is 1. The fourth-order valence-corrected chi connectivity index (χ4v) is 2.80. The van der Waals surface area contributed by atoms with E-state index < -0.39 is 18.0 Å².